The number of hydrogen-bond donors (Lipinski definition) is 1. The number of aromatic nitrogens is 3. The van der Waals surface area contributed by atoms with Crippen LogP contribution in [0, 0.1) is 5.82 Å². The Balaban J connectivity index is 1.54. The van der Waals surface area contributed by atoms with E-state index in [4.69, 9.17) is 10.2 Å². The predicted molar refractivity (Wildman–Crippen MR) is 148 cm³/mol. The highest BCUT2D eigenvalue weighted by Gasteiger charge is 2.39. The Morgan fingerprint density at radius 3 is 2.39 bits per heavy atom. The minimum absolute atomic E-state index is 0.00811. The molecule has 2 aromatic heterocycles. The van der Waals surface area contributed by atoms with E-state index in [9.17, 15) is 26.0 Å². The van der Waals surface area contributed by atoms with Crippen molar-refractivity contribution in [2.45, 2.75) is 36.1 Å². The quantitative estimate of drug-likeness (QED) is 0.348. The summed E-state index contributed by atoms with van der Waals surface area (Å²) in [6.07, 6.45) is 2.17. The zero-order valence-corrected chi connectivity index (χ0v) is 23.9. The third kappa shape index (κ3) is 5.37. The maximum absolute atomic E-state index is 13.4. The molecule has 11 nitrogen and oxygen atoms in total. The van der Waals surface area contributed by atoms with Crippen molar-refractivity contribution in [3.05, 3.63) is 78.1 Å². The molecule has 0 bridgehead atoms. The van der Waals surface area contributed by atoms with Crippen molar-refractivity contribution in [1.29, 1.82) is 0 Å². The van der Waals surface area contributed by atoms with Crippen LogP contribution in [-0.4, -0.2) is 56.0 Å². The number of nitrogens with two attached hydrogens (primary N) is 1. The van der Waals surface area contributed by atoms with E-state index < -0.39 is 47.9 Å². The van der Waals surface area contributed by atoms with Crippen molar-refractivity contribution >= 4 is 31.3 Å². The van der Waals surface area contributed by atoms with E-state index in [2.05, 4.69) is 15.2 Å². The highest BCUT2D eigenvalue weighted by molar-refractivity contribution is 7.92. The standard InChI is InChI=1S/C27H26FN5O6S2/c1-27(2,40(3,35)36)26-32-31-24(39-26)18-8-11-23-22(12-18)33(25(34)20(29)15-41(23,37)38)14-16-4-6-17(7-5-16)21-10-9-19(28)13-30-21/h4-13,20H,14-15,29H2,1-3H3/t20-/m0/s1. The molecule has 2 N–H and O–H groups in total. The summed E-state index contributed by atoms with van der Waals surface area (Å²) in [7, 11) is -7.54. The van der Waals surface area contributed by atoms with Crippen LogP contribution in [0.4, 0.5) is 10.1 Å². The fourth-order valence-electron chi connectivity index (χ4n) is 4.26. The molecule has 0 saturated carbocycles. The first-order chi connectivity index (χ1) is 19.2. The number of sulfone groups is 2. The Hall–Kier alpha value is -4.01. The Morgan fingerprint density at radius 2 is 1.76 bits per heavy atom. The zero-order chi connectivity index (χ0) is 29.7. The van der Waals surface area contributed by atoms with Gasteiger partial charge in [0.05, 0.1) is 40.8 Å². The van der Waals surface area contributed by atoms with Gasteiger partial charge >= 0.3 is 0 Å². The van der Waals surface area contributed by atoms with Crippen LogP contribution in [0.25, 0.3) is 22.7 Å². The molecule has 41 heavy (non-hydrogen) atoms. The summed E-state index contributed by atoms with van der Waals surface area (Å²) in [4.78, 5) is 18.7. The van der Waals surface area contributed by atoms with Gasteiger partial charge < -0.3 is 15.1 Å². The second-order valence-electron chi connectivity index (χ2n) is 10.2. The number of halogens is 1. The van der Waals surface area contributed by atoms with E-state index >= 15 is 0 Å². The van der Waals surface area contributed by atoms with Gasteiger partial charge in [0.15, 0.2) is 19.7 Å². The maximum atomic E-state index is 13.4. The van der Waals surface area contributed by atoms with Gasteiger partial charge in [0.1, 0.15) is 10.6 Å². The number of rotatable bonds is 6. The third-order valence-corrected chi connectivity index (χ3v) is 10.8. The summed E-state index contributed by atoms with van der Waals surface area (Å²) in [6.45, 7) is 2.86. The molecular weight excluding hydrogens is 573 g/mol. The molecule has 0 aliphatic carbocycles. The van der Waals surface area contributed by atoms with Gasteiger partial charge in [0, 0.05) is 17.4 Å². The van der Waals surface area contributed by atoms with Gasteiger partial charge in [-0.05, 0) is 49.7 Å². The van der Waals surface area contributed by atoms with E-state index in [1.165, 1.54) is 43.0 Å². The van der Waals surface area contributed by atoms with Gasteiger partial charge in [0.25, 0.3) is 0 Å². The first-order valence-corrected chi connectivity index (χ1v) is 15.9. The van der Waals surface area contributed by atoms with E-state index in [0.717, 1.165) is 18.0 Å². The number of fused-ring (bicyclic) bond motifs is 1. The topological polar surface area (TPSA) is 166 Å². The lowest BCUT2D eigenvalue weighted by atomic mass is 10.1. The smallest absolute Gasteiger partial charge is 0.247 e. The van der Waals surface area contributed by atoms with E-state index in [-0.39, 0.29) is 34.5 Å². The molecule has 14 heteroatoms. The number of carbonyl (C=O) groups is 1. The molecule has 5 rings (SSSR count). The van der Waals surface area contributed by atoms with Crippen LogP contribution in [-0.2, 0) is 35.8 Å². The summed E-state index contributed by atoms with van der Waals surface area (Å²) in [5.74, 6) is -1.81. The number of amides is 1. The summed E-state index contributed by atoms with van der Waals surface area (Å²) in [5, 5.41) is 7.87. The van der Waals surface area contributed by atoms with Crippen molar-refractivity contribution in [3.8, 4) is 22.7 Å². The summed E-state index contributed by atoms with van der Waals surface area (Å²) < 4.78 is 68.3. The van der Waals surface area contributed by atoms with Crippen molar-refractivity contribution in [2.24, 2.45) is 5.73 Å². The molecule has 1 atom stereocenters. The average molecular weight is 600 g/mol. The second kappa shape index (κ2) is 10.1. The molecule has 2 aromatic carbocycles. The monoisotopic (exact) mass is 599 g/mol. The predicted octanol–water partition coefficient (Wildman–Crippen LogP) is 2.87. The Labute approximate surface area is 236 Å². The lowest BCUT2D eigenvalue weighted by Crippen LogP contribution is -2.45. The normalized spacial score (nSPS) is 17.2. The molecule has 214 valence electrons. The Bertz CT molecular complexity index is 1850. The number of nitrogens with zero attached hydrogens (tertiary/aromatic N) is 4. The number of pyridine rings is 1. The number of anilines is 1. The van der Waals surface area contributed by atoms with Gasteiger partial charge in [-0.2, -0.15) is 0 Å². The Kier molecular flexibility index (Phi) is 7.04. The van der Waals surface area contributed by atoms with Crippen molar-refractivity contribution in [3.63, 3.8) is 0 Å². The number of hydrogen-bond acceptors (Lipinski definition) is 10. The van der Waals surface area contributed by atoms with E-state index in [1.807, 2.05) is 0 Å². The maximum Gasteiger partial charge on any atom is 0.247 e. The summed E-state index contributed by atoms with van der Waals surface area (Å²) in [5.41, 5.74) is 8.34. The number of carbonyl (C=O) groups excluding carboxylic acids is 1. The fraction of sp³-hybridized carbons (Fsp3) is 0.259. The van der Waals surface area contributed by atoms with Gasteiger partial charge in [0.2, 0.25) is 17.7 Å². The molecule has 1 aliphatic rings. The lowest BCUT2D eigenvalue weighted by Gasteiger charge is -2.24. The van der Waals surface area contributed by atoms with E-state index in [1.54, 1.807) is 30.3 Å². The van der Waals surface area contributed by atoms with Crippen molar-refractivity contribution < 1.29 is 30.4 Å². The largest absolute Gasteiger partial charge is 0.419 e. The SMILES string of the molecule is CC(C)(c1nnc(-c2ccc3c(c2)N(Cc2ccc(-c4ccc(F)cn4)cc2)C(=O)[C@@H](N)CS3(=O)=O)o1)S(C)(=O)=O. The molecule has 1 aliphatic heterocycles. The molecule has 0 unspecified atom stereocenters. The number of benzene rings is 2. The second-order valence-corrected chi connectivity index (χ2v) is 14.8. The zero-order valence-electron chi connectivity index (χ0n) is 22.3. The van der Waals surface area contributed by atoms with Crippen LogP contribution < -0.4 is 10.6 Å². The highest BCUT2D eigenvalue weighted by Crippen LogP contribution is 2.36. The Morgan fingerprint density at radius 1 is 1.07 bits per heavy atom. The highest BCUT2D eigenvalue weighted by atomic mass is 32.2. The first kappa shape index (κ1) is 28.5. The summed E-state index contributed by atoms with van der Waals surface area (Å²) in [6, 6.07) is 12.8. The fourth-order valence-corrected chi connectivity index (χ4v) is 6.21. The van der Waals surface area contributed by atoms with Crippen LogP contribution in [0.3, 0.4) is 0 Å². The molecule has 1 amide bonds. The van der Waals surface area contributed by atoms with Crippen LogP contribution in [0.1, 0.15) is 25.3 Å². The first-order valence-electron chi connectivity index (χ1n) is 12.4. The lowest BCUT2D eigenvalue weighted by molar-refractivity contribution is -0.119. The van der Waals surface area contributed by atoms with Crippen LogP contribution >= 0.6 is 0 Å². The molecule has 0 fully saturated rings. The van der Waals surface area contributed by atoms with Crippen LogP contribution in [0.2, 0.25) is 0 Å². The minimum atomic E-state index is -3.94. The molecule has 4 aromatic rings. The van der Waals surface area contributed by atoms with Crippen molar-refractivity contribution in [2.75, 3.05) is 16.9 Å². The molecule has 0 saturated heterocycles. The molecule has 0 radical (unpaired) electrons. The van der Waals surface area contributed by atoms with Crippen molar-refractivity contribution in [1.82, 2.24) is 15.2 Å². The van der Waals surface area contributed by atoms with Gasteiger partial charge in [-0.3, -0.25) is 9.78 Å². The van der Waals surface area contributed by atoms with E-state index in [0.29, 0.717) is 11.3 Å². The summed E-state index contributed by atoms with van der Waals surface area (Å²) >= 11 is 0. The third-order valence-electron chi connectivity index (χ3n) is 7.00. The van der Waals surface area contributed by atoms with Crippen LogP contribution in [0.15, 0.2) is 70.1 Å². The average Bonchev–Trinajstić information content (AvgIpc) is 3.40. The molecule has 3 heterocycles. The molecule has 0 spiro atoms. The van der Waals surface area contributed by atoms with Gasteiger partial charge in [-0.1, -0.05) is 24.3 Å². The minimum Gasteiger partial charge on any atom is -0.419 e. The van der Waals surface area contributed by atoms with Gasteiger partial charge in [-0.25, -0.2) is 21.2 Å². The molecular formula is C27H26FN5O6S2. The van der Waals surface area contributed by atoms with Gasteiger partial charge in [-0.15, -0.1) is 10.2 Å². The van der Waals surface area contributed by atoms with Crippen LogP contribution in [0.5, 0.6) is 0 Å².